The summed E-state index contributed by atoms with van der Waals surface area (Å²) >= 11 is 0. The lowest BCUT2D eigenvalue weighted by Crippen LogP contribution is -2.43. The van der Waals surface area contributed by atoms with Crippen molar-refractivity contribution in [2.75, 3.05) is 6.54 Å². The Hall–Kier alpha value is -0.750. The molecule has 12 heavy (non-hydrogen) atoms. The zero-order chi connectivity index (χ0) is 9.72. The monoisotopic (exact) mass is 182 g/mol. The van der Waals surface area contributed by atoms with E-state index in [0.29, 0.717) is 0 Å². The molecule has 4 nitrogen and oxygen atoms in total. The molecule has 6 heteroatoms. The molecule has 0 aromatic rings. The third kappa shape index (κ3) is 4.20. The van der Waals surface area contributed by atoms with Crippen LogP contribution in [0, 0.1) is 0 Å². The maximum atomic E-state index is 11.6. The molecule has 0 aliphatic rings. The van der Waals surface area contributed by atoms with Gasteiger partial charge < -0.3 is 16.2 Å². The number of halogens is 2. The first-order chi connectivity index (χ1) is 5.45. The summed E-state index contributed by atoms with van der Waals surface area (Å²) in [6.45, 7) is 0.947. The molecule has 0 aliphatic carbocycles. The first kappa shape index (κ1) is 11.2. The Labute approximate surface area is 68.7 Å². The summed E-state index contributed by atoms with van der Waals surface area (Å²) < 4.78 is 23.3. The van der Waals surface area contributed by atoms with Crippen molar-refractivity contribution >= 4 is 5.91 Å². The number of hydrogen-bond acceptors (Lipinski definition) is 3. The standard InChI is InChI=1S/C6H12F2N2O2/c1-3(9)6(12)10-2-4(11)5(7)8/h3-5,11H,2,9H2,1H3,(H,10,12)/t3-,4?/m0/s1. The summed E-state index contributed by atoms with van der Waals surface area (Å²) in [5, 5.41) is 10.6. The molecule has 2 atom stereocenters. The van der Waals surface area contributed by atoms with Gasteiger partial charge >= 0.3 is 0 Å². The molecule has 0 saturated heterocycles. The first-order valence-corrected chi connectivity index (χ1v) is 3.44. The van der Waals surface area contributed by atoms with E-state index < -0.39 is 31.0 Å². The molecule has 0 aliphatic heterocycles. The van der Waals surface area contributed by atoms with E-state index >= 15 is 0 Å². The van der Waals surface area contributed by atoms with Crippen molar-refractivity contribution in [3.8, 4) is 0 Å². The van der Waals surface area contributed by atoms with E-state index in [2.05, 4.69) is 5.32 Å². The minimum Gasteiger partial charge on any atom is -0.385 e. The summed E-state index contributed by atoms with van der Waals surface area (Å²) in [4.78, 5) is 10.7. The number of amides is 1. The van der Waals surface area contributed by atoms with Crippen molar-refractivity contribution < 1.29 is 18.7 Å². The molecule has 0 radical (unpaired) electrons. The maximum absolute atomic E-state index is 11.6. The van der Waals surface area contributed by atoms with Crippen molar-refractivity contribution in [1.29, 1.82) is 0 Å². The molecule has 0 bridgehead atoms. The van der Waals surface area contributed by atoms with Crippen LogP contribution in [-0.2, 0) is 4.79 Å². The Morgan fingerprint density at radius 2 is 2.17 bits per heavy atom. The lowest BCUT2D eigenvalue weighted by molar-refractivity contribution is -0.123. The fourth-order valence-electron chi connectivity index (χ4n) is 0.455. The van der Waals surface area contributed by atoms with Gasteiger partial charge in [-0.2, -0.15) is 0 Å². The number of hydrogen-bond donors (Lipinski definition) is 3. The minimum atomic E-state index is -2.85. The van der Waals surface area contributed by atoms with E-state index in [4.69, 9.17) is 10.8 Å². The van der Waals surface area contributed by atoms with Crippen LogP contribution in [0.5, 0.6) is 0 Å². The smallest absolute Gasteiger partial charge is 0.265 e. The SMILES string of the molecule is C[C@H](N)C(=O)NCC(O)C(F)F. The second-order valence-corrected chi connectivity index (χ2v) is 2.44. The summed E-state index contributed by atoms with van der Waals surface area (Å²) in [6.07, 6.45) is -4.67. The summed E-state index contributed by atoms with van der Waals surface area (Å²) in [6, 6.07) is -0.755. The largest absolute Gasteiger partial charge is 0.385 e. The fourth-order valence-corrected chi connectivity index (χ4v) is 0.455. The molecular weight excluding hydrogens is 170 g/mol. The number of carbonyl (C=O) groups excluding carboxylic acids is 1. The van der Waals surface area contributed by atoms with Crippen molar-refractivity contribution in [2.24, 2.45) is 5.73 Å². The third-order valence-corrected chi connectivity index (χ3v) is 1.19. The van der Waals surface area contributed by atoms with Crippen LogP contribution in [0.25, 0.3) is 0 Å². The van der Waals surface area contributed by atoms with Gasteiger partial charge in [0.1, 0.15) is 6.10 Å². The second-order valence-electron chi connectivity index (χ2n) is 2.44. The minimum absolute atomic E-state index is 0.474. The van der Waals surface area contributed by atoms with Crippen LogP contribution >= 0.6 is 0 Å². The first-order valence-electron chi connectivity index (χ1n) is 3.44. The highest BCUT2D eigenvalue weighted by Crippen LogP contribution is 1.98. The number of alkyl halides is 2. The number of aliphatic hydroxyl groups excluding tert-OH is 1. The molecule has 0 spiro atoms. The van der Waals surface area contributed by atoms with Crippen molar-refractivity contribution in [1.82, 2.24) is 5.32 Å². The van der Waals surface area contributed by atoms with Crippen molar-refractivity contribution in [3.63, 3.8) is 0 Å². The number of carbonyl (C=O) groups is 1. The highest BCUT2D eigenvalue weighted by atomic mass is 19.3. The molecule has 1 unspecified atom stereocenters. The lowest BCUT2D eigenvalue weighted by Gasteiger charge is -2.11. The molecule has 0 rings (SSSR count). The van der Waals surface area contributed by atoms with Crippen LogP contribution in [0.4, 0.5) is 8.78 Å². The molecule has 0 aromatic heterocycles. The van der Waals surface area contributed by atoms with E-state index in [1.165, 1.54) is 6.92 Å². The molecule has 0 fully saturated rings. The Morgan fingerprint density at radius 3 is 2.50 bits per heavy atom. The Kier molecular flexibility index (Phi) is 4.68. The summed E-state index contributed by atoms with van der Waals surface area (Å²) in [5.41, 5.74) is 5.12. The quantitative estimate of drug-likeness (QED) is 0.526. The predicted octanol–water partition coefficient (Wildman–Crippen LogP) is -0.924. The summed E-state index contributed by atoms with van der Waals surface area (Å²) in [5.74, 6) is -0.560. The zero-order valence-electron chi connectivity index (χ0n) is 6.63. The Bertz CT molecular complexity index is 152. The van der Waals surface area contributed by atoms with Gasteiger partial charge in [0, 0.05) is 6.54 Å². The van der Waals surface area contributed by atoms with Crippen LogP contribution < -0.4 is 11.1 Å². The van der Waals surface area contributed by atoms with Crippen molar-refractivity contribution in [3.05, 3.63) is 0 Å². The lowest BCUT2D eigenvalue weighted by atomic mass is 10.3. The van der Waals surface area contributed by atoms with Gasteiger partial charge in [-0.25, -0.2) is 8.78 Å². The normalized spacial score (nSPS) is 15.8. The Balaban J connectivity index is 3.61. The number of rotatable bonds is 4. The Morgan fingerprint density at radius 1 is 1.67 bits per heavy atom. The maximum Gasteiger partial charge on any atom is 0.265 e. The van der Waals surface area contributed by atoms with E-state index in [9.17, 15) is 13.6 Å². The van der Waals surface area contributed by atoms with Gasteiger partial charge in [-0.3, -0.25) is 4.79 Å². The van der Waals surface area contributed by atoms with Crippen LogP contribution in [0.1, 0.15) is 6.92 Å². The molecule has 0 aromatic carbocycles. The highest BCUT2D eigenvalue weighted by molar-refractivity contribution is 5.80. The van der Waals surface area contributed by atoms with Gasteiger partial charge in [0.05, 0.1) is 6.04 Å². The van der Waals surface area contributed by atoms with E-state index in [-0.39, 0.29) is 0 Å². The van der Waals surface area contributed by atoms with Crippen LogP contribution in [0.2, 0.25) is 0 Å². The predicted molar refractivity (Wildman–Crippen MR) is 38.7 cm³/mol. The number of nitrogens with one attached hydrogen (secondary N) is 1. The number of aliphatic hydroxyl groups is 1. The number of nitrogens with two attached hydrogens (primary N) is 1. The van der Waals surface area contributed by atoms with E-state index in [0.717, 1.165) is 0 Å². The third-order valence-electron chi connectivity index (χ3n) is 1.19. The van der Waals surface area contributed by atoms with Gasteiger partial charge in [0.25, 0.3) is 6.43 Å². The van der Waals surface area contributed by atoms with Gasteiger partial charge in [0.15, 0.2) is 0 Å². The topological polar surface area (TPSA) is 75.4 Å². The van der Waals surface area contributed by atoms with Crippen LogP contribution in [-0.4, -0.2) is 36.1 Å². The van der Waals surface area contributed by atoms with E-state index in [1.807, 2.05) is 0 Å². The van der Waals surface area contributed by atoms with Gasteiger partial charge in [0.2, 0.25) is 5.91 Å². The van der Waals surface area contributed by atoms with Gasteiger partial charge in [-0.05, 0) is 6.92 Å². The molecule has 0 heterocycles. The molecule has 4 N–H and O–H groups in total. The highest BCUT2D eigenvalue weighted by Gasteiger charge is 2.18. The molecular formula is C6H12F2N2O2. The van der Waals surface area contributed by atoms with E-state index in [1.54, 1.807) is 0 Å². The van der Waals surface area contributed by atoms with Crippen molar-refractivity contribution in [2.45, 2.75) is 25.5 Å². The van der Waals surface area contributed by atoms with Crippen LogP contribution in [0.15, 0.2) is 0 Å². The zero-order valence-corrected chi connectivity index (χ0v) is 6.63. The molecule has 0 saturated carbocycles. The van der Waals surface area contributed by atoms with Gasteiger partial charge in [-0.1, -0.05) is 0 Å². The fraction of sp³-hybridized carbons (Fsp3) is 0.833. The molecule has 1 amide bonds. The average Bonchev–Trinajstić information content (AvgIpc) is 1.98. The van der Waals surface area contributed by atoms with Gasteiger partial charge in [-0.15, -0.1) is 0 Å². The second kappa shape index (κ2) is 5.00. The average molecular weight is 182 g/mol. The summed E-state index contributed by atoms with van der Waals surface area (Å²) in [7, 11) is 0. The molecule has 72 valence electrons. The van der Waals surface area contributed by atoms with Crippen LogP contribution in [0.3, 0.4) is 0 Å².